The van der Waals surface area contributed by atoms with Gasteiger partial charge in [-0.05, 0) is 22.7 Å². The van der Waals surface area contributed by atoms with E-state index in [1.54, 1.807) is 18.7 Å². The van der Waals surface area contributed by atoms with E-state index in [-0.39, 0.29) is 40.8 Å². The van der Waals surface area contributed by atoms with Gasteiger partial charge in [0.05, 0.1) is 23.8 Å². The van der Waals surface area contributed by atoms with E-state index in [4.69, 9.17) is 0 Å². The average molecular weight is 1160 g/mol. The van der Waals surface area contributed by atoms with E-state index in [9.17, 15) is 0 Å². The largest absolute Gasteiger partial charge is 2.00 e. The van der Waals surface area contributed by atoms with Crippen molar-refractivity contribution in [2.45, 2.75) is 0 Å². The van der Waals surface area contributed by atoms with Crippen molar-refractivity contribution in [3.63, 3.8) is 0 Å². The van der Waals surface area contributed by atoms with Crippen molar-refractivity contribution in [3.8, 4) is 22.7 Å². The van der Waals surface area contributed by atoms with Crippen molar-refractivity contribution in [2.24, 2.45) is 0 Å². The molecule has 0 unspecified atom stereocenters. The van der Waals surface area contributed by atoms with Gasteiger partial charge in [-0.1, -0.05) is 243 Å². The van der Waals surface area contributed by atoms with Gasteiger partial charge in [0, 0.05) is 22.7 Å². The van der Waals surface area contributed by atoms with Gasteiger partial charge in [-0.15, -0.1) is 41.7 Å². The summed E-state index contributed by atoms with van der Waals surface area (Å²) in [6.45, 7) is 0. The molecule has 0 saturated heterocycles. The Labute approximate surface area is 452 Å². The molecule has 0 aliphatic rings. The van der Waals surface area contributed by atoms with Gasteiger partial charge in [-0.3, -0.25) is 39.1 Å². The monoisotopic (exact) mass is 1160 g/mol. The molecule has 12 rings (SSSR count). The van der Waals surface area contributed by atoms with Crippen LogP contribution in [0.15, 0.2) is 243 Å². The predicted molar refractivity (Wildman–Crippen MR) is 273 cm³/mol. The minimum atomic E-state index is 0. The zero-order chi connectivity index (χ0) is 48.8. The van der Waals surface area contributed by atoms with E-state index in [0.29, 0.717) is 23.8 Å². The molecule has 8 aromatic carbocycles. The molecule has 0 aliphatic carbocycles. The molecular formula is C52H40N20Pd2. The fraction of sp³-hybridized carbons (Fsp3) is 0. The Morgan fingerprint density at radius 2 is 0.378 bits per heavy atom. The van der Waals surface area contributed by atoms with Gasteiger partial charge in [0.1, 0.15) is 0 Å². The summed E-state index contributed by atoms with van der Waals surface area (Å²) in [5.41, 5.74) is 6.84. The molecular weight excluding hydrogens is 1120 g/mol. The molecule has 0 amide bonds. The third-order valence-corrected chi connectivity index (χ3v) is 9.76. The first-order valence-electron chi connectivity index (χ1n) is 22.2. The van der Waals surface area contributed by atoms with Crippen molar-refractivity contribution >= 4 is 46.5 Å². The van der Waals surface area contributed by atoms with Gasteiger partial charge in [0.15, 0.2) is 0 Å². The summed E-state index contributed by atoms with van der Waals surface area (Å²) >= 11 is 0. The smallest absolute Gasteiger partial charge is 0.357 e. The van der Waals surface area contributed by atoms with Crippen molar-refractivity contribution in [2.75, 3.05) is 0 Å². The fourth-order valence-corrected chi connectivity index (χ4v) is 6.43. The second kappa shape index (κ2) is 27.8. The first kappa shape index (κ1) is 52.4. The first-order valence-corrected chi connectivity index (χ1v) is 22.2. The summed E-state index contributed by atoms with van der Waals surface area (Å²) in [7, 11) is 0. The Morgan fingerprint density at radius 1 is 0.216 bits per heavy atom. The number of aromatic nitrogens is 16. The standard InChI is InChI=1S/4C13H10N5.2Pd/c4*1-3-7-11(8-4-1)14-13-15-16-17-18(13)12-9-5-2-6-10-12;;/h4*1-10H;;/q4*-1;2*+2. The molecule has 0 aliphatic heterocycles. The van der Waals surface area contributed by atoms with E-state index in [0.717, 1.165) is 45.5 Å². The fourth-order valence-electron chi connectivity index (χ4n) is 6.43. The number of hydrogen-bond donors (Lipinski definition) is 0. The Bertz CT molecular complexity index is 2950. The third-order valence-electron chi connectivity index (χ3n) is 9.76. The molecule has 4 heterocycles. The number of benzene rings is 8. The van der Waals surface area contributed by atoms with Crippen molar-refractivity contribution in [1.29, 1.82) is 0 Å². The molecule has 22 heteroatoms. The van der Waals surface area contributed by atoms with E-state index >= 15 is 0 Å². The van der Waals surface area contributed by atoms with Crippen LogP contribution in [0.2, 0.25) is 0 Å². The minimum Gasteiger partial charge on any atom is -0.357 e. The second-order valence-electron chi connectivity index (χ2n) is 14.7. The predicted octanol–water partition coefficient (Wildman–Crippen LogP) is 12.0. The van der Waals surface area contributed by atoms with Crippen LogP contribution in [0.1, 0.15) is 0 Å². The zero-order valence-corrected chi connectivity index (χ0v) is 41.8. The number of para-hydroxylation sites is 8. The number of tetrazole rings is 4. The maximum Gasteiger partial charge on any atom is 2.00 e. The van der Waals surface area contributed by atoms with Gasteiger partial charge in [0.25, 0.3) is 0 Å². The quantitative estimate of drug-likeness (QED) is 0.104. The second-order valence-corrected chi connectivity index (χ2v) is 14.7. The zero-order valence-electron chi connectivity index (χ0n) is 38.7. The van der Waals surface area contributed by atoms with Crippen molar-refractivity contribution in [1.82, 2.24) is 80.8 Å². The van der Waals surface area contributed by atoms with Crippen molar-refractivity contribution in [3.05, 3.63) is 264 Å². The summed E-state index contributed by atoms with van der Waals surface area (Å²) in [5.74, 6) is 1.86. The molecule has 0 atom stereocenters. The van der Waals surface area contributed by atoms with Crippen LogP contribution < -0.4 is 0 Å². The molecule has 4 aromatic heterocycles. The molecule has 74 heavy (non-hydrogen) atoms. The molecule has 0 saturated carbocycles. The number of rotatable bonds is 12. The molecule has 0 fully saturated rings. The normalized spacial score (nSPS) is 9.95. The Kier molecular flexibility index (Phi) is 19.7. The van der Waals surface area contributed by atoms with Crippen LogP contribution in [0, 0.1) is 0 Å². The van der Waals surface area contributed by atoms with Crippen LogP contribution in [0.4, 0.5) is 46.5 Å². The van der Waals surface area contributed by atoms with E-state index in [1.807, 2.05) is 243 Å². The van der Waals surface area contributed by atoms with E-state index in [1.165, 1.54) is 0 Å². The summed E-state index contributed by atoms with van der Waals surface area (Å²) in [6, 6.07) is 77.1. The van der Waals surface area contributed by atoms with Gasteiger partial charge in [-0.25, -0.2) is 0 Å². The number of nitrogens with zero attached hydrogens (tertiary/aromatic N) is 20. The third kappa shape index (κ3) is 14.8. The topological polar surface area (TPSA) is 231 Å². The van der Waals surface area contributed by atoms with E-state index in [2.05, 4.69) is 83.4 Å². The van der Waals surface area contributed by atoms with Gasteiger partial charge in [-0.2, -0.15) is 0 Å². The van der Waals surface area contributed by atoms with Crippen molar-refractivity contribution < 1.29 is 40.8 Å². The molecule has 0 radical (unpaired) electrons. The average Bonchev–Trinajstić information content (AvgIpc) is 4.31. The molecule has 0 spiro atoms. The Morgan fingerprint density at radius 3 is 0.554 bits per heavy atom. The van der Waals surface area contributed by atoms with Crippen LogP contribution in [-0.2, 0) is 40.8 Å². The molecule has 20 nitrogen and oxygen atoms in total. The van der Waals surface area contributed by atoms with Gasteiger partial charge in [0.2, 0.25) is 0 Å². The van der Waals surface area contributed by atoms with Crippen LogP contribution >= 0.6 is 0 Å². The maximum absolute atomic E-state index is 4.40. The van der Waals surface area contributed by atoms with Crippen LogP contribution in [0.5, 0.6) is 0 Å². The number of hydrogen-bond acceptors (Lipinski definition) is 12. The van der Waals surface area contributed by atoms with Gasteiger partial charge < -0.3 is 21.3 Å². The Hall–Kier alpha value is -9.44. The summed E-state index contributed by atoms with van der Waals surface area (Å²) in [5, 5.41) is 63.7. The minimum absolute atomic E-state index is 0. The molecule has 368 valence electrons. The SMILES string of the molecule is [Pd+2].[Pd+2].c1ccc([N-]c2nnnn2-c2ccccc2)cc1.c1ccc([N-]c2nnnn2-c2ccccc2)cc1.c1ccc([N-]c2nnnn2-c2ccccc2)cc1.c1ccc([N-]c2nnnn2-c2ccccc2)cc1. The van der Waals surface area contributed by atoms with Crippen LogP contribution in [0.3, 0.4) is 0 Å². The first-order chi connectivity index (χ1) is 35.7. The van der Waals surface area contributed by atoms with Crippen LogP contribution in [-0.4, -0.2) is 80.8 Å². The summed E-state index contributed by atoms with van der Waals surface area (Å²) < 4.78 is 6.42. The summed E-state index contributed by atoms with van der Waals surface area (Å²) in [4.78, 5) is 0. The maximum atomic E-state index is 4.40. The summed E-state index contributed by atoms with van der Waals surface area (Å²) in [6.07, 6.45) is 0. The Balaban J connectivity index is 0.000000143. The molecule has 12 aromatic rings. The molecule has 0 bridgehead atoms. The van der Waals surface area contributed by atoms with Gasteiger partial charge >= 0.3 is 40.8 Å². The van der Waals surface area contributed by atoms with Crippen LogP contribution in [0.25, 0.3) is 44.0 Å². The van der Waals surface area contributed by atoms with E-state index < -0.39 is 0 Å². The molecule has 0 N–H and O–H groups in total.